The lowest BCUT2D eigenvalue weighted by molar-refractivity contribution is -0.136. The second-order valence-corrected chi connectivity index (χ2v) is 4.22. The van der Waals surface area contributed by atoms with E-state index >= 15 is 0 Å². The van der Waals surface area contributed by atoms with Crippen LogP contribution >= 0.6 is 0 Å². The van der Waals surface area contributed by atoms with E-state index in [2.05, 4.69) is 20.6 Å². The summed E-state index contributed by atoms with van der Waals surface area (Å²) in [4.78, 5) is 31.2. The molecule has 2 aromatic rings. The Bertz CT molecular complexity index is 596. The van der Waals surface area contributed by atoms with E-state index in [-0.39, 0.29) is 6.54 Å². The molecule has 2 rings (SSSR count). The molecule has 6 nitrogen and oxygen atoms in total. The summed E-state index contributed by atoms with van der Waals surface area (Å²) >= 11 is 0. The van der Waals surface area contributed by atoms with Gasteiger partial charge in [-0.3, -0.25) is 14.6 Å². The fraction of sp³-hybridized carbons (Fsp3) is 0.143. The molecule has 0 saturated carbocycles. The minimum atomic E-state index is -0.745. The number of aromatic nitrogens is 2. The van der Waals surface area contributed by atoms with Crippen LogP contribution in [0.1, 0.15) is 11.1 Å². The van der Waals surface area contributed by atoms with Crippen LogP contribution in [0.25, 0.3) is 0 Å². The van der Waals surface area contributed by atoms with Gasteiger partial charge in [0.2, 0.25) is 0 Å². The van der Waals surface area contributed by atoms with Gasteiger partial charge in [0.15, 0.2) is 0 Å². The van der Waals surface area contributed by atoms with Gasteiger partial charge in [-0.25, -0.2) is 4.98 Å². The minimum Gasteiger partial charge on any atom is -0.344 e. The van der Waals surface area contributed by atoms with Crippen molar-refractivity contribution in [3.8, 4) is 0 Å². The van der Waals surface area contributed by atoms with Gasteiger partial charge in [0.1, 0.15) is 5.82 Å². The number of amides is 2. The fourth-order valence-electron chi connectivity index (χ4n) is 1.48. The van der Waals surface area contributed by atoms with Gasteiger partial charge >= 0.3 is 11.8 Å². The maximum absolute atomic E-state index is 11.6. The van der Waals surface area contributed by atoms with Crippen molar-refractivity contribution < 1.29 is 9.59 Å². The maximum atomic E-state index is 11.6. The number of pyridine rings is 2. The molecule has 0 aliphatic rings. The molecule has 2 aromatic heterocycles. The van der Waals surface area contributed by atoms with E-state index in [4.69, 9.17) is 0 Å². The van der Waals surface area contributed by atoms with Gasteiger partial charge in [-0.05, 0) is 30.2 Å². The molecule has 2 amide bonds. The largest absolute Gasteiger partial charge is 0.344 e. The third-order valence-electron chi connectivity index (χ3n) is 2.54. The number of nitrogens with one attached hydrogen (secondary N) is 2. The Hall–Kier alpha value is -2.76. The van der Waals surface area contributed by atoms with Gasteiger partial charge in [-0.1, -0.05) is 12.1 Å². The average Bonchev–Trinajstić information content (AvgIpc) is 2.48. The van der Waals surface area contributed by atoms with Crippen molar-refractivity contribution in [1.29, 1.82) is 0 Å². The van der Waals surface area contributed by atoms with E-state index in [1.165, 1.54) is 0 Å². The predicted molar refractivity (Wildman–Crippen MR) is 73.7 cm³/mol. The average molecular weight is 270 g/mol. The molecule has 20 heavy (non-hydrogen) atoms. The normalized spacial score (nSPS) is 9.85. The zero-order valence-electron chi connectivity index (χ0n) is 11.0. The predicted octanol–water partition coefficient (Wildman–Crippen LogP) is 1.04. The minimum absolute atomic E-state index is 0.251. The number of aryl methyl sites for hydroxylation is 1. The Labute approximate surface area is 116 Å². The quantitative estimate of drug-likeness (QED) is 0.816. The van der Waals surface area contributed by atoms with E-state index in [1.54, 1.807) is 36.8 Å². The van der Waals surface area contributed by atoms with Crippen molar-refractivity contribution in [2.45, 2.75) is 13.5 Å². The third kappa shape index (κ3) is 3.88. The number of hydrogen-bond donors (Lipinski definition) is 2. The van der Waals surface area contributed by atoms with Crippen LogP contribution in [0.15, 0.2) is 42.9 Å². The van der Waals surface area contributed by atoms with Crippen LogP contribution < -0.4 is 10.6 Å². The van der Waals surface area contributed by atoms with Crippen molar-refractivity contribution >= 4 is 17.6 Å². The molecule has 0 spiro atoms. The van der Waals surface area contributed by atoms with E-state index in [1.807, 2.05) is 13.0 Å². The Morgan fingerprint density at radius 1 is 1.15 bits per heavy atom. The number of hydrogen-bond acceptors (Lipinski definition) is 4. The van der Waals surface area contributed by atoms with Gasteiger partial charge in [0.25, 0.3) is 0 Å². The van der Waals surface area contributed by atoms with Crippen molar-refractivity contribution in [1.82, 2.24) is 15.3 Å². The molecule has 0 fully saturated rings. The van der Waals surface area contributed by atoms with Crippen molar-refractivity contribution in [3.63, 3.8) is 0 Å². The van der Waals surface area contributed by atoms with Crippen molar-refractivity contribution in [3.05, 3.63) is 54.0 Å². The smallest absolute Gasteiger partial charge is 0.314 e. The summed E-state index contributed by atoms with van der Waals surface area (Å²) in [5, 5.41) is 4.94. The lowest BCUT2D eigenvalue weighted by Gasteiger charge is -2.06. The highest BCUT2D eigenvalue weighted by molar-refractivity contribution is 6.39. The monoisotopic (exact) mass is 270 g/mol. The SMILES string of the molecule is Cc1ccc(NC(=O)C(=O)NCc2cccnc2)nc1. The number of nitrogens with zero attached hydrogens (tertiary/aromatic N) is 2. The Balaban J connectivity index is 1.86. The number of carbonyl (C=O) groups excluding carboxylic acids is 2. The first-order valence-electron chi connectivity index (χ1n) is 6.06. The van der Waals surface area contributed by atoms with Crippen LogP contribution in [0.3, 0.4) is 0 Å². The first-order chi connectivity index (χ1) is 9.65. The maximum Gasteiger partial charge on any atom is 0.314 e. The van der Waals surface area contributed by atoms with Gasteiger partial charge in [0, 0.05) is 25.1 Å². The molecule has 0 unspecified atom stereocenters. The lowest BCUT2D eigenvalue weighted by Crippen LogP contribution is -2.35. The van der Waals surface area contributed by atoms with E-state index in [0.29, 0.717) is 5.82 Å². The summed E-state index contributed by atoms with van der Waals surface area (Å²) in [5.74, 6) is -1.11. The van der Waals surface area contributed by atoms with Crippen LogP contribution in [0, 0.1) is 6.92 Å². The molecule has 102 valence electrons. The van der Waals surface area contributed by atoms with Crippen LogP contribution in [-0.4, -0.2) is 21.8 Å². The van der Waals surface area contributed by atoms with Crippen LogP contribution in [0.4, 0.5) is 5.82 Å². The first-order valence-corrected chi connectivity index (χ1v) is 6.06. The van der Waals surface area contributed by atoms with Gasteiger partial charge < -0.3 is 10.6 Å². The fourth-order valence-corrected chi connectivity index (χ4v) is 1.48. The molecule has 2 N–H and O–H groups in total. The Kier molecular flexibility index (Phi) is 4.39. The van der Waals surface area contributed by atoms with E-state index < -0.39 is 11.8 Å². The first kappa shape index (κ1) is 13.7. The number of rotatable bonds is 3. The zero-order chi connectivity index (χ0) is 14.4. The lowest BCUT2D eigenvalue weighted by atomic mass is 10.3. The molecule has 0 atom stereocenters. The van der Waals surface area contributed by atoms with E-state index in [9.17, 15) is 9.59 Å². The van der Waals surface area contributed by atoms with Gasteiger partial charge in [-0.2, -0.15) is 0 Å². The van der Waals surface area contributed by atoms with Crippen LogP contribution in [-0.2, 0) is 16.1 Å². The molecule has 0 aliphatic heterocycles. The van der Waals surface area contributed by atoms with Crippen LogP contribution in [0.2, 0.25) is 0 Å². The van der Waals surface area contributed by atoms with Gasteiger partial charge in [-0.15, -0.1) is 0 Å². The molecular formula is C14H14N4O2. The summed E-state index contributed by atoms with van der Waals surface area (Å²) in [5.41, 5.74) is 1.80. The summed E-state index contributed by atoms with van der Waals surface area (Å²) < 4.78 is 0. The van der Waals surface area contributed by atoms with E-state index in [0.717, 1.165) is 11.1 Å². The zero-order valence-corrected chi connectivity index (χ0v) is 11.0. The molecule has 0 aromatic carbocycles. The second-order valence-electron chi connectivity index (χ2n) is 4.22. The summed E-state index contributed by atoms with van der Waals surface area (Å²) in [7, 11) is 0. The standard InChI is InChI=1S/C14H14N4O2/c1-10-4-5-12(16-7-10)18-14(20)13(19)17-9-11-3-2-6-15-8-11/h2-8H,9H2,1H3,(H,17,19)(H,16,18,20). The molecule has 0 bridgehead atoms. The molecule has 0 aliphatic carbocycles. The highest BCUT2D eigenvalue weighted by atomic mass is 16.2. The molecule has 0 radical (unpaired) electrons. The van der Waals surface area contributed by atoms with Gasteiger partial charge in [0.05, 0.1) is 0 Å². The molecule has 6 heteroatoms. The molecule has 2 heterocycles. The number of anilines is 1. The summed E-state index contributed by atoms with van der Waals surface area (Å²) in [6.07, 6.45) is 4.88. The third-order valence-corrected chi connectivity index (χ3v) is 2.54. The summed E-state index contributed by atoms with van der Waals surface area (Å²) in [6.45, 7) is 2.14. The summed E-state index contributed by atoms with van der Waals surface area (Å²) in [6, 6.07) is 7.02. The number of carbonyl (C=O) groups is 2. The van der Waals surface area contributed by atoms with Crippen molar-refractivity contribution in [2.24, 2.45) is 0 Å². The van der Waals surface area contributed by atoms with Crippen LogP contribution in [0.5, 0.6) is 0 Å². The Morgan fingerprint density at radius 3 is 2.65 bits per heavy atom. The second kappa shape index (κ2) is 6.42. The van der Waals surface area contributed by atoms with Crippen molar-refractivity contribution in [2.75, 3.05) is 5.32 Å². The molecular weight excluding hydrogens is 256 g/mol. The topological polar surface area (TPSA) is 84.0 Å². The Morgan fingerprint density at radius 2 is 2.00 bits per heavy atom. The highest BCUT2D eigenvalue weighted by Crippen LogP contribution is 2.03. The highest BCUT2D eigenvalue weighted by Gasteiger charge is 2.13. The molecule has 0 saturated heterocycles.